The monoisotopic (exact) mass is 368 g/mol. The third kappa shape index (κ3) is 3.78. The van der Waals surface area contributed by atoms with Gasteiger partial charge in [0.2, 0.25) is 0 Å². The molecule has 0 bridgehead atoms. The predicted octanol–water partition coefficient (Wildman–Crippen LogP) is 3.60. The summed E-state index contributed by atoms with van der Waals surface area (Å²) in [7, 11) is 0. The van der Waals surface area contributed by atoms with Crippen molar-refractivity contribution < 1.29 is 19.0 Å². The van der Waals surface area contributed by atoms with Gasteiger partial charge in [0.25, 0.3) is 5.91 Å². The van der Waals surface area contributed by atoms with Crippen LogP contribution in [0.4, 0.5) is 5.13 Å². The smallest absolute Gasteiger partial charge is 0.264 e. The summed E-state index contributed by atoms with van der Waals surface area (Å²) in [5.74, 6) is 1.85. The summed E-state index contributed by atoms with van der Waals surface area (Å²) in [5.41, 5.74) is 1.68. The maximum Gasteiger partial charge on any atom is 0.264 e. The highest BCUT2D eigenvalue weighted by Gasteiger charge is 2.14. The molecule has 2 aromatic carbocycles. The molecule has 1 aliphatic rings. The van der Waals surface area contributed by atoms with Crippen LogP contribution in [0.25, 0.3) is 11.3 Å². The molecule has 7 heteroatoms. The fourth-order valence-electron chi connectivity index (χ4n) is 2.49. The average molecular weight is 368 g/mol. The lowest BCUT2D eigenvalue weighted by molar-refractivity contribution is -0.118. The van der Waals surface area contributed by atoms with E-state index in [-0.39, 0.29) is 12.5 Å². The minimum absolute atomic E-state index is 0.0665. The second-order valence-electron chi connectivity index (χ2n) is 5.55. The van der Waals surface area contributed by atoms with Gasteiger partial charge < -0.3 is 14.2 Å². The van der Waals surface area contributed by atoms with Crippen LogP contribution in [0.1, 0.15) is 0 Å². The molecule has 2 heterocycles. The highest BCUT2D eigenvalue weighted by Crippen LogP contribution is 2.35. The van der Waals surface area contributed by atoms with E-state index in [0.29, 0.717) is 29.8 Å². The van der Waals surface area contributed by atoms with Gasteiger partial charge in [-0.15, -0.1) is 11.3 Å². The van der Waals surface area contributed by atoms with E-state index >= 15 is 0 Å². The number of para-hydroxylation sites is 1. The Kier molecular flexibility index (Phi) is 4.70. The number of ether oxygens (including phenoxy) is 3. The molecule has 1 aromatic heterocycles. The Morgan fingerprint density at radius 1 is 1.12 bits per heavy atom. The van der Waals surface area contributed by atoms with Crippen LogP contribution in [0.3, 0.4) is 0 Å². The van der Waals surface area contributed by atoms with Crippen LogP contribution in [-0.2, 0) is 4.79 Å². The summed E-state index contributed by atoms with van der Waals surface area (Å²) < 4.78 is 16.5. The second-order valence-corrected chi connectivity index (χ2v) is 6.40. The lowest BCUT2D eigenvalue weighted by atomic mass is 10.1. The molecule has 0 fully saturated rings. The summed E-state index contributed by atoms with van der Waals surface area (Å²) in [6.45, 7) is 1.03. The Hall–Kier alpha value is -3.06. The van der Waals surface area contributed by atoms with Crippen LogP contribution in [0.5, 0.6) is 17.2 Å². The fraction of sp³-hybridized carbons (Fsp3) is 0.158. The molecule has 1 amide bonds. The van der Waals surface area contributed by atoms with Crippen molar-refractivity contribution >= 4 is 22.4 Å². The summed E-state index contributed by atoms with van der Waals surface area (Å²) in [6, 6.07) is 14.9. The molecular formula is C19H16N2O4S. The number of amides is 1. The number of carbonyl (C=O) groups is 1. The molecule has 0 radical (unpaired) electrons. The summed E-state index contributed by atoms with van der Waals surface area (Å²) in [5, 5.41) is 5.16. The van der Waals surface area contributed by atoms with Crippen molar-refractivity contribution in [3.8, 4) is 28.5 Å². The Morgan fingerprint density at radius 3 is 2.77 bits per heavy atom. The molecule has 1 N–H and O–H groups in total. The Labute approximate surface area is 154 Å². The van der Waals surface area contributed by atoms with Crippen molar-refractivity contribution in [2.45, 2.75) is 0 Å². The van der Waals surface area contributed by atoms with Gasteiger partial charge in [-0.05, 0) is 30.3 Å². The van der Waals surface area contributed by atoms with Gasteiger partial charge in [-0.3, -0.25) is 10.1 Å². The molecule has 0 saturated carbocycles. The maximum atomic E-state index is 12.0. The normalized spacial score (nSPS) is 12.5. The molecule has 26 heavy (non-hydrogen) atoms. The van der Waals surface area contributed by atoms with Crippen molar-refractivity contribution in [3.05, 3.63) is 53.9 Å². The maximum absolute atomic E-state index is 12.0. The number of hydrogen-bond donors (Lipinski definition) is 1. The molecule has 1 aliphatic heterocycles. The van der Waals surface area contributed by atoms with Crippen LogP contribution in [0.2, 0.25) is 0 Å². The molecule has 0 saturated heterocycles. The first-order valence-corrected chi connectivity index (χ1v) is 8.99. The van der Waals surface area contributed by atoms with E-state index in [0.717, 1.165) is 17.0 Å². The Balaban J connectivity index is 1.39. The van der Waals surface area contributed by atoms with Gasteiger partial charge in [-0.25, -0.2) is 4.98 Å². The minimum Gasteiger partial charge on any atom is -0.486 e. The third-order valence-electron chi connectivity index (χ3n) is 3.70. The van der Waals surface area contributed by atoms with Gasteiger partial charge in [-0.2, -0.15) is 0 Å². The van der Waals surface area contributed by atoms with Crippen molar-refractivity contribution in [3.63, 3.8) is 0 Å². The number of benzene rings is 2. The molecule has 132 valence electrons. The van der Waals surface area contributed by atoms with Gasteiger partial charge in [0, 0.05) is 10.9 Å². The van der Waals surface area contributed by atoms with Crippen LogP contribution in [0.15, 0.2) is 53.9 Å². The van der Waals surface area contributed by atoms with E-state index in [9.17, 15) is 4.79 Å². The zero-order valence-electron chi connectivity index (χ0n) is 13.8. The largest absolute Gasteiger partial charge is 0.486 e. The first-order valence-electron chi connectivity index (χ1n) is 8.11. The number of nitrogens with one attached hydrogen (secondary N) is 1. The molecule has 3 aromatic rings. The number of aromatic nitrogens is 1. The number of hydrogen-bond acceptors (Lipinski definition) is 6. The van der Waals surface area contributed by atoms with Crippen LogP contribution >= 0.6 is 11.3 Å². The van der Waals surface area contributed by atoms with Crippen LogP contribution in [0, 0.1) is 0 Å². The van der Waals surface area contributed by atoms with Gasteiger partial charge in [0.05, 0.1) is 5.69 Å². The number of rotatable bonds is 5. The number of carbonyl (C=O) groups excluding carboxylic acids is 1. The molecule has 0 spiro atoms. The molecule has 6 nitrogen and oxygen atoms in total. The van der Waals surface area contributed by atoms with E-state index in [1.54, 1.807) is 12.1 Å². The highest BCUT2D eigenvalue weighted by molar-refractivity contribution is 7.14. The summed E-state index contributed by atoms with van der Waals surface area (Å²) in [4.78, 5) is 16.5. The molecule has 4 rings (SSSR count). The van der Waals surface area contributed by atoms with Gasteiger partial charge in [0.15, 0.2) is 23.2 Å². The molecule has 0 atom stereocenters. The highest BCUT2D eigenvalue weighted by atomic mass is 32.1. The average Bonchev–Trinajstić information content (AvgIpc) is 3.15. The fourth-order valence-corrected chi connectivity index (χ4v) is 3.22. The predicted molar refractivity (Wildman–Crippen MR) is 99.1 cm³/mol. The first kappa shape index (κ1) is 16.4. The number of fused-ring (bicyclic) bond motifs is 1. The zero-order valence-corrected chi connectivity index (χ0v) is 14.6. The van der Waals surface area contributed by atoms with E-state index in [2.05, 4.69) is 10.3 Å². The van der Waals surface area contributed by atoms with Gasteiger partial charge >= 0.3 is 0 Å². The van der Waals surface area contributed by atoms with Crippen LogP contribution in [-0.4, -0.2) is 30.7 Å². The zero-order chi connectivity index (χ0) is 17.8. The second kappa shape index (κ2) is 7.45. The minimum atomic E-state index is -0.253. The van der Waals surface area contributed by atoms with E-state index < -0.39 is 0 Å². The van der Waals surface area contributed by atoms with Crippen molar-refractivity contribution in [2.24, 2.45) is 0 Å². The van der Waals surface area contributed by atoms with Crippen molar-refractivity contribution in [1.82, 2.24) is 4.98 Å². The Morgan fingerprint density at radius 2 is 1.92 bits per heavy atom. The first-order chi connectivity index (χ1) is 12.8. The summed E-state index contributed by atoms with van der Waals surface area (Å²) in [6.07, 6.45) is 0. The van der Waals surface area contributed by atoms with Crippen LogP contribution < -0.4 is 19.5 Å². The molecule has 0 unspecified atom stereocenters. The number of anilines is 1. The SMILES string of the molecule is O=C(COc1ccccc1)Nc1nc(-c2ccc3c(c2)OCCO3)cs1. The van der Waals surface area contributed by atoms with Gasteiger partial charge in [0.1, 0.15) is 19.0 Å². The quantitative estimate of drug-likeness (QED) is 0.745. The van der Waals surface area contributed by atoms with E-state index in [1.807, 2.05) is 41.8 Å². The number of nitrogens with zero attached hydrogens (tertiary/aromatic N) is 1. The third-order valence-corrected chi connectivity index (χ3v) is 4.46. The number of thiazole rings is 1. The topological polar surface area (TPSA) is 69.7 Å². The van der Waals surface area contributed by atoms with Crippen molar-refractivity contribution in [2.75, 3.05) is 25.1 Å². The van der Waals surface area contributed by atoms with E-state index in [4.69, 9.17) is 14.2 Å². The molecule has 0 aliphatic carbocycles. The summed E-state index contributed by atoms with van der Waals surface area (Å²) >= 11 is 1.36. The van der Waals surface area contributed by atoms with Gasteiger partial charge in [-0.1, -0.05) is 18.2 Å². The standard InChI is InChI=1S/C19H16N2O4S/c22-18(11-25-14-4-2-1-3-5-14)21-19-20-15(12-26-19)13-6-7-16-17(10-13)24-9-8-23-16/h1-7,10,12H,8-9,11H2,(H,20,21,22). The lowest BCUT2D eigenvalue weighted by Gasteiger charge is -2.18. The van der Waals surface area contributed by atoms with E-state index in [1.165, 1.54) is 11.3 Å². The van der Waals surface area contributed by atoms with Crippen molar-refractivity contribution in [1.29, 1.82) is 0 Å². The molecular weight excluding hydrogens is 352 g/mol. The lowest BCUT2D eigenvalue weighted by Crippen LogP contribution is -2.20. The Bertz CT molecular complexity index is 911.